The predicted octanol–water partition coefficient (Wildman–Crippen LogP) is 2.03. The van der Waals surface area contributed by atoms with E-state index in [0.29, 0.717) is 28.1 Å². The molecule has 0 saturated carbocycles. The molecule has 0 unspecified atom stereocenters. The number of hydrogen-bond acceptors (Lipinski definition) is 7. The molecule has 1 aromatic heterocycles. The summed E-state index contributed by atoms with van der Waals surface area (Å²) >= 11 is 0. The van der Waals surface area contributed by atoms with Gasteiger partial charge in [0.15, 0.2) is 0 Å². The van der Waals surface area contributed by atoms with Crippen molar-refractivity contribution in [1.82, 2.24) is 9.97 Å². The summed E-state index contributed by atoms with van der Waals surface area (Å²) in [5, 5.41) is 29.8. The zero-order valence-corrected chi connectivity index (χ0v) is 19.7. The van der Waals surface area contributed by atoms with Crippen molar-refractivity contribution in [2.45, 2.75) is 57.2 Å². The molecule has 9 nitrogen and oxygen atoms in total. The van der Waals surface area contributed by atoms with Gasteiger partial charge in [0.1, 0.15) is 5.82 Å². The second-order valence-corrected chi connectivity index (χ2v) is 10.7. The van der Waals surface area contributed by atoms with Gasteiger partial charge in [-0.15, -0.1) is 0 Å². The number of hydrogen-bond donors (Lipinski definition) is 3. The number of carbonyl (C=O) groups is 1. The van der Waals surface area contributed by atoms with Crippen LogP contribution in [-0.4, -0.2) is 65.2 Å². The largest absolute Gasteiger partial charge is 0.481 e. The number of aliphatic hydroxyl groups is 2. The first-order valence-corrected chi connectivity index (χ1v) is 12.4. The van der Waals surface area contributed by atoms with Gasteiger partial charge in [0.25, 0.3) is 0 Å². The highest BCUT2D eigenvalue weighted by Crippen LogP contribution is 2.44. The minimum Gasteiger partial charge on any atom is -0.481 e. The number of carboxylic acids is 1. The molecule has 1 heterocycles. The van der Waals surface area contributed by atoms with Gasteiger partial charge in [0.05, 0.1) is 36.3 Å². The highest BCUT2D eigenvalue weighted by Gasteiger charge is 2.35. The summed E-state index contributed by atoms with van der Waals surface area (Å²) in [6.45, 7) is 3.80. The van der Waals surface area contributed by atoms with Crippen LogP contribution in [0.2, 0.25) is 0 Å². The van der Waals surface area contributed by atoms with Crippen LogP contribution in [0.1, 0.15) is 55.3 Å². The van der Waals surface area contributed by atoms with Crippen molar-refractivity contribution < 1.29 is 32.9 Å². The van der Waals surface area contributed by atoms with Gasteiger partial charge in [0, 0.05) is 30.5 Å². The van der Waals surface area contributed by atoms with Gasteiger partial charge < -0.3 is 15.3 Å². The van der Waals surface area contributed by atoms with Crippen LogP contribution in [-0.2, 0) is 21.2 Å². The first-order chi connectivity index (χ1) is 15.3. The van der Waals surface area contributed by atoms with Gasteiger partial charge in [-0.05, 0) is 36.1 Å². The summed E-state index contributed by atoms with van der Waals surface area (Å²) < 4.78 is 39.3. The highest BCUT2D eigenvalue weighted by atomic mass is 32.2. The monoisotopic (exact) mass is 481 g/mol. The minimum absolute atomic E-state index is 0.00824. The number of aromatic nitrogens is 2. The number of nitrogens with zero attached hydrogens (tertiary/aromatic N) is 3. The van der Waals surface area contributed by atoms with Gasteiger partial charge in [-0.2, -0.15) is 0 Å². The maximum atomic E-state index is 14.2. The standard InChI is InChI=1S/C22H28FN3O6S/c1-11(2)20-17-10-16(18(28)8-13(27)9-19(29)30)15-7-12(23)5-6-14(15)21(17)25-22(24-20)26(3)33(4,31)32/h5-7,11,13,16,18,27-28H,8-10H2,1-4H3,(H,29,30)/t13-,16+,18-/m1/s1. The second kappa shape index (κ2) is 9.32. The van der Waals surface area contributed by atoms with Crippen LogP contribution in [0, 0.1) is 5.82 Å². The molecular formula is C22H28FN3O6S. The Balaban J connectivity index is 2.15. The summed E-state index contributed by atoms with van der Waals surface area (Å²) in [6, 6.07) is 4.07. The molecule has 0 spiro atoms. The Morgan fingerprint density at radius 1 is 1.27 bits per heavy atom. The lowest BCUT2D eigenvalue weighted by molar-refractivity contribution is -0.139. The van der Waals surface area contributed by atoms with E-state index in [1.165, 1.54) is 25.2 Å². The van der Waals surface area contributed by atoms with Gasteiger partial charge in [-0.25, -0.2) is 27.1 Å². The zero-order valence-electron chi connectivity index (χ0n) is 18.9. The van der Waals surface area contributed by atoms with Crippen LogP contribution in [0.3, 0.4) is 0 Å². The molecule has 0 aliphatic heterocycles. The molecule has 0 bridgehead atoms. The van der Waals surface area contributed by atoms with Crippen molar-refractivity contribution >= 4 is 21.9 Å². The average molecular weight is 482 g/mol. The Bertz CT molecular complexity index is 1170. The molecule has 2 aromatic rings. The number of halogens is 1. The van der Waals surface area contributed by atoms with Crippen molar-refractivity contribution in [1.29, 1.82) is 0 Å². The molecule has 3 N–H and O–H groups in total. The first-order valence-electron chi connectivity index (χ1n) is 10.5. The minimum atomic E-state index is -3.62. The molecule has 3 rings (SSSR count). The number of fused-ring (bicyclic) bond motifs is 3. The SMILES string of the molecule is CC(C)c1nc(N(C)S(C)(=O)=O)nc2c1C[C@H]([C@H](O)C[C@@H](O)CC(=O)O)c1cc(F)ccc1-2. The lowest BCUT2D eigenvalue weighted by atomic mass is 9.75. The van der Waals surface area contributed by atoms with Gasteiger partial charge in [-0.1, -0.05) is 13.8 Å². The van der Waals surface area contributed by atoms with Crippen molar-refractivity contribution in [3.8, 4) is 11.3 Å². The number of aliphatic carboxylic acids is 1. The van der Waals surface area contributed by atoms with E-state index in [-0.39, 0.29) is 24.7 Å². The number of rotatable bonds is 8. The average Bonchev–Trinajstić information content (AvgIpc) is 2.69. The quantitative estimate of drug-likeness (QED) is 0.520. The Morgan fingerprint density at radius 2 is 1.94 bits per heavy atom. The third-order valence-corrected chi connectivity index (χ3v) is 6.99. The summed E-state index contributed by atoms with van der Waals surface area (Å²) in [4.78, 5) is 19.9. The fraction of sp³-hybridized carbons (Fsp3) is 0.500. The molecule has 0 saturated heterocycles. The molecule has 3 atom stereocenters. The topological polar surface area (TPSA) is 141 Å². The van der Waals surface area contributed by atoms with E-state index in [1.54, 1.807) is 0 Å². The fourth-order valence-corrected chi connectivity index (χ4v) is 4.52. The molecule has 0 radical (unpaired) electrons. The van der Waals surface area contributed by atoms with E-state index in [4.69, 9.17) is 5.11 Å². The molecule has 180 valence electrons. The van der Waals surface area contributed by atoms with Gasteiger partial charge in [-0.3, -0.25) is 4.79 Å². The molecule has 1 aliphatic rings. The number of anilines is 1. The number of benzene rings is 1. The number of aliphatic hydroxyl groups excluding tert-OH is 2. The summed E-state index contributed by atoms with van der Waals surface area (Å²) in [6.07, 6.45) is -1.85. The van der Waals surface area contributed by atoms with Crippen molar-refractivity contribution in [3.05, 3.63) is 40.8 Å². The lowest BCUT2D eigenvalue weighted by Crippen LogP contribution is -2.31. The Hall–Kier alpha value is -2.63. The van der Waals surface area contributed by atoms with Crippen LogP contribution in [0.4, 0.5) is 10.3 Å². The van der Waals surface area contributed by atoms with E-state index >= 15 is 0 Å². The van der Waals surface area contributed by atoms with Crippen LogP contribution in [0.5, 0.6) is 0 Å². The summed E-state index contributed by atoms with van der Waals surface area (Å²) in [7, 11) is -2.27. The third kappa shape index (κ3) is 5.31. The maximum absolute atomic E-state index is 14.2. The Labute approximate surface area is 192 Å². The molecule has 1 aliphatic carbocycles. The van der Waals surface area contributed by atoms with E-state index < -0.39 is 46.4 Å². The van der Waals surface area contributed by atoms with Crippen molar-refractivity contribution in [2.24, 2.45) is 0 Å². The molecule has 1 aromatic carbocycles. The van der Waals surface area contributed by atoms with Crippen LogP contribution < -0.4 is 4.31 Å². The molecule has 0 amide bonds. The van der Waals surface area contributed by atoms with Crippen molar-refractivity contribution in [3.63, 3.8) is 0 Å². The van der Waals surface area contributed by atoms with Crippen LogP contribution in [0.15, 0.2) is 18.2 Å². The summed E-state index contributed by atoms with van der Waals surface area (Å²) in [5.41, 5.74) is 2.75. The number of carboxylic acid groups (broad SMARTS) is 1. The molecule has 11 heteroatoms. The normalized spacial score (nSPS) is 17.3. The molecule has 0 fully saturated rings. The van der Waals surface area contributed by atoms with E-state index in [0.717, 1.165) is 10.6 Å². The van der Waals surface area contributed by atoms with Crippen LogP contribution >= 0.6 is 0 Å². The highest BCUT2D eigenvalue weighted by molar-refractivity contribution is 7.92. The van der Waals surface area contributed by atoms with E-state index in [1.807, 2.05) is 13.8 Å². The second-order valence-electron chi connectivity index (χ2n) is 8.72. The maximum Gasteiger partial charge on any atom is 0.305 e. The lowest BCUT2D eigenvalue weighted by Gasteiger charge is -2.33. The smallest absolute Gasteiger partial charge is 0.305 e. The fourth-order valence-electron chi connectivity index (χ4n) is 4.14. The predicted molar refractivity (Wildman–Crippen MR) is 120 cm³/mol. The van der Waals surface area contributed by atoms with Gasteiger partial charge in [0.2, 0.25) is 16.0 Å². The number of sulfonamides is 1. The van der Waals surface area contributed by atoms with E-state index in [9.17, 15) is 27.8 Å². The Morgan fingerprint density at radius 3 is 2.52 bits per heavy atom. The van der Waals surface area contributed by atoms with E-state index in [2.05, 4.69) is 9.97 Å². The van der Waals surface area contributed by atoms with Crippen molar-refractivity contribution in [2.75, 3.05) is 17.6 Å². The molecule has 33 heavy (non-hydrogen) atoms. The van der Waals surface area contributed by atoms with Crippen LogP contribution in [0.25, 0.3) is 11.3 Å². The third-order valence-electron chi connectivity index (χ3n) is 5.83. The summed E-state index contributed by atoms with van der Waals surface area (Å²) in [5.74, 6) is -2.46. The first kappa shape index (κ1) is 25.0. The zero-order chi connectivity index (χ0) is 24.7. The van der Waals surface area contributed by atoms with Gasteiger partial charge >= 0.3 is 5.97 Å². The Kier molecular flexibility index (Phi) is 7.06. The molecular weight excluding hydrogens is 453 g/mol.